The predicted octanol–water partition coefficient (Wildman–Crippen LogP) is 1.08. The molecule has 1 aromatic carbocycles. The second-order valence-corrected chi connectivity index (χ2v) is 8.19. The number of benzene rings is 1. The number of amides is 3. The second-order valence-electron chi connectivity index (χ2n) is 6.26. The minimum Gasteiger partial charge on any atom is -0.452 e. The monoisotopic (exact) mass is 411 g/mol. The van der Waals surface area contributed by atoms with Crippen LogP contribution in [-0.4, -0.2) is 56.4 Å². The minimum absolute atomic E-state index is 0.173. The van der Waals surface area contributed by atoms with Crippen LogP contribution in [0.25, 0.3) is 6.08 Å². The van der Waals surface area contributed by atoms with Gasteiger partial charge in [-0.2, -0.15) is 4.31 Å². The van der Waals surface area contributed by atoms with Crippen LogP contribution in [0.2, 0.25) is 0 Å². The molecule has 0 saturated heterocycles. The van der Waals surface area contributed by atoms with Crippen LogP contribution in [0.5, 0.6) is 0 Å². The lowest BCUT2D eigenvalue weighted by Crippen LogP contribution is -2.47. The molecule has 0 aliphatic heterocycles. The number of urea groups is 1. The smallest absolute Gasteiger partial charge is 0.322 e. The summed E-state index contributed by atoms with van der Waals surface area (Å²) in [5.41, 5.74) is 0.687. The third kappa shape index (κ3) is 8.31. The van der Waals surface area contributed by atoms with E-state index in [1.807, 2.05) is 5.32 Å². The Bertz CT molecular complexity index is 821. The Balaban J connectivity index is 2.57. The van der Waals surface area contributed by atoms with Crippen molar-refractivity contribution in [1.29, 1.82) is 0 Å². The summed E-state index contributed by atoms with van der Waals surface area (Å²) in [6.45, 7) is 4.13. The largest absolute Gasteiger partial charge is 0.452 e. The molecule has 0 saturated carbocycles. The quantitative estimate of drug-likeness (QED) is 0.618. The maximum atomic E-state index is 12.2. The first kappa shape index (κ1) is 23.3. The Kier molecular flexibility index (Phi) is 8.80. The van der Waals surface area contributed by atoms with Crippen molar-refractivity contribution >= 4 is 34.0 Å². The van der Waals surface area contributed by atoms with Crippen molar-refractivity contribution in [3.63, 3.8) is 0 Å². The van der Waals surface area contributed by atoms with Gasteiger partial charge in [0.15, 0.2) is 6.10 Å². The van der Waals surface area contributed by atoms with Gasteiger partial charge in [-0.1, -0.05) is 30.3 Å². The van der Waals surface area contributed by atoms with Crippen LogP contribution in [0.1, 0.15) is 26.3 Å². The van der Waals surface area contributed by atoms with Crippen molar-refractivity contribution in [1.82, 2.24) is 14.9 Å². The Labute approximate surface area is 164 Å². The molecule has 0 aliphatic rings. The van der Waals surface area contributed by atoms with Gasteiger partial charge in [0.25, 0.3) is 5.91 Å². The van der Waals surface area contributed by atoms with E-state index in [-0.39, 0.29) is 6.04 Å². The van der Waals surface area contributed by atoms with Gasteiger partial charge in [-0.15, -0.1) is 0 Å². The van der Waals surface area contributed by atoms with E-state index < -0.39 is 40.6 Å². The normalized spacial score (nSPS) is 12.8. The fraction of sp³-hybridized carbons (Fsp3) is 0.389. The predicted molar refractivity (Wildman–Crippen MR) is 104 cm³/mol. The summed E-state index contributed by atoms with van der Waals surface area (Å²) in [5, 5.41) is 5.46. The first-order valence-electron chi connectivity index (χ1n) is 8.51. The molecule has 1 atom stereocenters. The summed E-state index contributed by atoms with van der Waals surface area (Å²) in [7, 11) is -2.64. The van der Waals surface area contributed by atoms with E-state index in [4.69, 9.17) is 4.74 Å². The minimum atomic E-state index is -3.85. The number of likely N-dealkylation sites (N-methyl/N-ethyl adjacent to an activating group) is 1. The van der Waals surface area contributed by atoms with Crippen molar-refractivity contribution in [2.45, 2.75) is 32.9 Å². The van der Waals surface area contributed by atoms with Crippen molar-refractivity contribution in [2.24, 2.45) is 0 Å². The molecule has 1 aromatic rings. The summed E-state index contributed by atoms with van der Waals surface area (Å²) in [5.74, 6) is -1.74. The first-order valence-corrected chi connectivity index (χ1v) is 10.0. The molecule has 0 radical (unpaired) electrons. The zero-order valence-electron chi connectivity index (χ0n) is 16.2. The maximum Gasteiger partial charge on any atom is 0.322 e. The number of carbonyl (C=O) groups is 3. The van der Waals surface area contributed by atoms with Gasteiger partial charge in [-0.3, -0.25) is 14.9 Å². The summed E-state index contributed by atoms with van der Waals surface area (Å²) < 4.78 is 30.1. The third-order valence-electron chi connectivity index (χ3n) is 3.35. The summed E-state index contributed by atoms with van der Waals surface area (Å²) in [6, 6.07) is 7.91. The molecule has 3 amide bonds. The number of imide groups is 1. The lowest BCUT2D eigenvalue weighted by Gasteiger charge is -2.17. The Morgan fingerprint density at radius 3 is 2.32 bits per heavy atom. The zero-order valence-corrected chi connectivity index (χ0v) is 17.0. The molecule has 2 N–H and O–H groups in total. The van der Waals surface area contributed by atoms with Gasteiger partial charge in [0.2, 0.25) is 10.0 Å². The SMILES string of the molecule is CC(C)NC(=O)NC(=O)[C@@H](C)OC(=O)CN(C)S(=O)(=O)/C=C/c1ccccc1. The van der Waals surface area contributed by atoms with Crippen LogP contribution in [0.15, 0.2) is 35.7 Å². The molecule has 28 heavy (non-hydrogen) atoms. The molecule has 0 aliphatic carbocycles. The number of ether oxygens (including phenoxy) is 1. The van der Waals surface area contributed by atoms with E-state index in [9.17, 15) is 22.8 Å². The van der Waals surface area contributed by atoms with Gasteiger partial charge in [-0.25, -0.2) is 13.2 Å². The zero-order chi connectivity index (χ0) is 21.3. The molecule has 0 aromatic heterocycles. The molecule has 0 unspecified atom stereocenters. The molecular weight excluding hydrogens is 386 g/mol. The van der Waals surface area contributed by atoms with Gasteiger partial charge in [0.05, 0.1) is 0 Å². The van der Waals surface area contributed by atoms with E-state index in [1.165, 1.54) is 20.0 Å². The van der Waals surface area contributed by atoms with Gasteiger partial charge >= 0.3 is 12.0 Å². The average molecular weight is 411 g/mol. The molecule has 0 fully saturated rings. The van der Waals surface area contributed by atoms with E-state index in [0.717, 1.165) is 9.71 Å². The molecule has 1 rings (SSSR count). The van der Waals surface area contributed by atoms with E-state index in [2.05, 4.69) is 5.32 Å². The second kappa shape index (κ2) is 10.6. The highest BCUT2D eigenvalue weighted by atomic mass is 32.2. The van der Waals surface area contributed by atoms with Gasteiger partial charge in [0, 0.05) is 18.5 Å². The van der Waals surface area contributed by atoms with Crippen LogP contribution >= 0.6 is 0 Å². The summed E-state index contributed by atoms with van der Waals surface area (Å²) in [4.78, 5) is 35.2. The van der Waals surface area contributed by atoms with Crippen LogP contribution in [0.4, 0.5) is 4.79 Å². The van der Waals surface area contributed by atoms with Crippen molar-refractivity contribution in [3.05, 3.63) is 41.3 Å². The van der Waals surface area contributed by atoms with E-state index in [0.29, 0.717) is 5.56 Å². The highest BCUT2D eigenvalue weighted by Crippen LogP contribution is 2.07. The number of esters is 1. The van der Waals surface area contributed by atoms with Crippen molar-refractivity contribution in [2.75, 3.05) is 13.6 Å². The number of hydrogen-bond acceptors (Lipinski definition) is 6. The number of carbonyl (C=O) groups excluding carboxylic acids is 3. The lowest BCUT2D eigenvalue weighted by molar-refractivity contribution is -0.154. The third-order valence-corrected chi connectivity index (χ3v) is 4.83. The molecule has 0 bridgehead atoms. The Morgan fingerprint density at radius 1 is 1.14 bits per heavy atom. The van der Waals surface area contributed by atoms with Crippen LogP contribution in [-0.2, 0) is 24.3 Å². The summed E-state index contributed by atoms with van der Waals surface area (Å²) in [6.07, 6.45) is 0.141. The van der Waals surface area contributed by atoms with E-state index >= 15 is 0 Å². The standard InChI is InChI=1S/C18H25N3O6S/c1-13(2)19-18(24)20-17(23)14(3)27-16(22)12-21(4)28(25,26)11-10-15-8-6-5-7-9-15/h5-11,13-14H,12H2,1-4H3,(H2,19,20,23,24)/b11-10+/t14-/m1/s1. The van der Waals surface area contributed by atoms with Crippen LogP contribution < -0.4 is 10.6 Å². The Hall–Kier alpha value is -2.72. The molecular formula is C18H25N3O6S. The first-order chi connectivity index (χ1) is 13.0. The highest BCUT2D eigenvalue weighted by Gasteiger charge is 2.23. The van der Waals surface area contributed by atoms with Crippen molar-refractivity contribution in [3.8, 4) is 0 Å². The summed E-state index contributed by atoms with van der Waals surface area (Å²) >= 11 is 0. The number of nitrogens with one attached hydrogen (secondary N) is 2. The average Bonchev–Trinajstić information content (AvgIpc) is 2.59. The van der Waals surface area contributed by atoms with Gasteiger partial charge in [0.1, 0.15) is 6.54 Å². The maximum absolute atomic E-state index is 12.2. The topological polar surface area (TPSA) is 122 Å². The van der Waals surface area contributed by atoms with Crippen molar-refractivity contribution < 1.29 is 27.5 Å². The molecule has 0 heterocycles. The number of rotatable bonds is 8. The highest BCUT2D eigenvalue weighted by molar-refractivity contribution is 7.92. The fourth-order valence-electron chi connectivity index (χ4n) is 1.90. The lowest BCUT2D eigenvalue weighted by atomic mass is 10.2. The number of sulfonamides is 1. The van der Waals surface area contributed by atoms with Gasteiger partial charge < -0.3 is 10.1 Å². The number of nitrogens with zero attached hydrogens (tertiary/aromatic N) is 1. The van der Waals surface area contributed by atoms with E-state index in [1.54, 1.807) is 44.2 Å². The van der Waals surface area contributed by atoms with Crippen LogP contribution in [0.3, 0.4) is 0 Å². The fourth-order valence-corrected chi connectivity index (χ4v) is 2.73. The van der Waals surface area contributed by atoms with Gasteiger partial charge in [-0.05, 0) is 32.4 Å². The number of hydrogen-bond donors (Lipinski definition) is 2. The Morgan fingerprint density at radius 2 is 1.75 bits per heavy atom. The molecule has 154 valence electrons. The molecule has 10 heteroatoms. The molecule has 9 nitrogen and oxygen atoms in total. The van der Waals surface area contributed by atoms with Crippen LogP contribution in [0, 0.1) is 0 Å². The molecule has 0 spiro atoms.